The van der Waals surface area contributed by atoms with Gasteiger partial charge in [-0.25, -0.2) is 4.98 Å². The molecule has 2 heterocycles. The third kappa shape index (κ3) is 1.47. The highest BCUT2D eigenvalue weighted by Gasteiger charge is 2.15. The Balaban J connectivity index is 2.11. The molecular formula is C11H7ClN2O2. The van der Waals surface area contributed by atoms with Gasteiger partial charge in [0, 0.05) is 18.0 Å². The van der Waals surface area contributed by atoms with Crippen LogP contribution < -0.4 is 9.47 Å². The predicted molar refractivity (Wildman–Crippen MR) is 58.6 cm³/mol. The first-order valence-electron chi connectivity index (χ1n) is 4.71. The van der Waals surface area contributed by atoms with E-state index in [0.717, 1.165) is 11.3 Å². The zero-order valence-electron chi connectivity index (χ0n) is 8.18. The summed E-state index contributed by atoms with van der Waals surface area (Å²) in [5.74, 6) is 1.45. The maximum atomic E-state index is 5.96. The molecule has 1 aliphatic heterocycles. The largest absolute Gasteiger partial charge is 0.454 e. The van der Waals surface area contributed by atoms with E-state index in [-0.39, 0.29) is 6.79 Å². The van der Waals surface area contributed by atoms with Crippen LogP contribution in [0, 0.1) is 0 Å². The third-order valence-corrected chi connectivity index (χ3v) is 2.58. The van der Waals surface area contributed by atoms with Crippen LogP contribution in [0.1, 0.15) is 0 Å². The first-order chi connectivity index (χ1) is 7.84. The quantitative estimate of drug-likeness (QED) is 0.761. The number of nitrogens with zero attached hydrogens (tertiary/aromatic N) is 2. The Bertz CT molecular complexity index is 545. The fourth-order valence-electron chi connectivity index (χ4n) is 1.56. The summed E-state index contributed by atoms with van der Waals surface area (Å²) in [5.41, 5.74) is 1.50. The Morgan fingerprint density at radius 3 is 2.75 bits per heavy atom. The molecule has 0 unspecified atom stereocenters. The molecule has 0 saturated heterocycles. The van der Waals surface area contributed by atoms with E-state index in [0.29, 0.717) is 16.6 Å². The average Bonchev–Trinajstić information content (AvgIpc) is 2.76. The second-order valence-corrected chi connectivity index (χ2v) is 3.62. The number of ether oxygens (including phenoxy) is 2. The molecule has 0 fully saturated rings. The molecular weight excluding hydrogens is 228 g/mol. The molecule has 2 aromatic rings. The van der Waals surface area contributed by atoms with Gasteiger partial charge in [-0.05, 0) is 18.2 Å². The molecule has 0 N–H and O–H groups in total. The smallest absolute Gasteiger partial charge is 0.231 e. The number of fused-ring (bicyclic) bond motifs is 1. The molecule has 0 spiro atoms. The van der Waals surface area contributed by atoms with Crippen LogP contribution >= 0.6 is 11.6 Å². The molecule has 0 bridgehead atoms. The van der Waals surface area contributed by atoms with Crippen LogP contribution in [0.5, 0.6) is 11.5 Å². The molecule has 3 rings (SSSR count). The van der Waals surface area contributed by atoms with Gasteiger partial charge in [-0.2, -0.15) is 0 Å². The number of aromatic nitrogens is 2. The zero-order chi connectivity index (χ0) is 11.0. The Labute approximate surface area is 96.8 Å². The first-order valence-corrected chi connectivity index (χ1v) is 5.09. The van der Waals surface area contributed by atoms with Crippen LogP contribution in [0.2, 0.25) is 5.15 Å². The molecule has 0 saturated carbocycles. The van der Waals surface area contributed by atoms with Crippen molar-refractivity contribution in [1.29, 1.82) is 0 Å². The molecule has 0 aliphatic carbocycles. The molecule has 1 aliphatic rings. The fraction of sp³-hybridized carbons (Fsp3) is 0.0909. The standard InChI is InChI=1S/C11H7ClN2O2/c12-11-10(13-3-4-14-11)7-1-2-8-9(5-7)16-6-15-8/h1-5H,6H2. The van der Waals surface area contributed by atoms with Gasteiger partial charge in [0.05, 0.1) is 0 Å². The molecule has 1 aromatic carbocycles. The van der Waals surface area contributed by atoms with Gasteiger partial charge in [0.25, 0.3) is 0 Å². The second kappa shape index (κ2) is 3.64. The van der Waals surface area contributed by atoms with Gasteiger partial charge in [0.2, 0.25) is 6.79 Å². The van der Waals surface area contributed by atoms with Crippen molar-refractivity contribution in [2.75, 3.05) is 6.79 Å². The highest BCUT2D eigenvalue weighted by atomic mass is 35.5. The third-order valence-electron chi connectivity index (χ3n) is 2.30. The molecule has 80 valence electrons. The van der Waals surface area contributed by atoms with E-state index in [1.807, 2.05) is 18.2 Å². The SMILES string of the molecule is Clc1nccnc1-c1ccc2c(c1)OCO2. The lowest BCUT2D eigenvalue weighted by molar-refractivity contribution is 0.174. The van der Waals surface area contributed by atoms with Crippen LogP contribution in [0.15, 0.2) is 30.6 Å². The molecule has 0 amide bonds. The molecule has 4 nitrogen and oxygen atoms in total. The summed E-state index contributed by atoms with van der Waals surface area (Å²) in [4.78, 5) is 8.16. The summed E-state index contributed by atoms with van der Waals surface area (Å²) in [6, 6.07) is 5.56. The second-order valence-electron chi connectivity index (χ2n) is 3.26. The van der Waals surface area contributed by atoms with Crippen molar-refractivity contribution in [1.82, 2.24) is 9.97 Å². The highest BCUT2D eigenvalue weighted by molar-refractivity contribution is 6.31. The van der Waals surface area contributed by atoms with E-state index in [1.54, 1.807) is 12.4 Å². The minimum Gasteiger partial charge on any atom is -0.454 e. The van der Waals surface area contributed by atoms with Crippen LogP contribution in [0.3, 0.4) is 0 Å². The van der Waals surface area contributed by atoms with Crippen molar-refractivity contribution < 1.29 is 9.47 Å². The average molecular weight is 235 g/mol. The Kier molecular flexibility index (Phi) is 2.15. The van der Waals surface area contributed by atoms with Crippen LogP contribution in [-0.2, 0) is 0 Å². The molecule has 0 atom stereocenters. The Morgan fingerprint density at radius 2 is 1.88 bits per heavy atom. The van der Waals surface area contributed by atoms with Gasteiger partial charge in [0.15, 0.2) is 16.7 Å². The van der Waals surface area contributed by atoms with E-state index in [9.17, 15) is 0 Å². The summed E-state index contributed by atoms with van der Waals surface area (Å²) >= 11 is 5.96. The van der Waals surface area contributed by atoms with E-state index < -0.39 is 0 Å². The Morgan fingerprint density at radius 1 is 1.06 bits per heavy atom. The molecule has 1 aromatic heterocycles. The molecule has 0 radical (unpaired) electrons. The van der Waals surface area contributed by atoms with Crippen molar-refractivity contribution in [2.24, 2.45) is 0 Å². The summed E-state index contributed by atoms with van der Waals surface area (Å²) in [7, 11) is 0. The fourth-order valence-corrected chi connectivity index (χ4v) is 1.77. The van der Waals surface area contributed by atoms with E-state index in [4.69, 9.17) is 21.1 Å². The van der Waals surface area contributed by atoms with Gasteiger partial charge < -0.3 is 9.47 Å². The van der Waals surface area contributed by atoms with Crippen molar-refractivity contribution in [3.05, 3.63) is 35.7 Å². The lowest BCUT2D eigenvalue weighted by Gasteiger charge is -2.03. The van der Waals surface area contributed by atoms with Crippen molar-refractivity contribution >= 4 is 11.6 Å². The predicted octanol–water partition coefficient (Wildman–Crippen LogP) is 2.53. The van der Waals surface area contributed by atoms with Crippen LogP contribution in [0.4, 0.5) is 0 Å². The number of rotatable bonds is 1. The maximum absolute atomic E-state index is 5.96. The maximum Gasteiger partial charge on any atom is 0.231 e. The lowest BCUT2D eigenvalue weighted by Crippen LogP contribution is -1.92. The van der Waals surface area contributed by atoms with E-state index in [1.165, 1.54) is 0 Å². The van der Waals surface area contributed by atoms with Crippen LogP contribution in [0.25, 0.3) is 11.3 Å². The number of benzene rings is 1. The van der Waals surface area contributed by atoms with Crippen molar-refractivity contribution in [3.8, 4) is 22.8 Å². The lowest BCUT2D eigenvalue weighted by atomic mass is 10.1. The minimum absolute atomic E-state index is 0.257. The van der Waals surface area contributed by atoms with Gasteiger partial charge >= 0.3 is 0 Å². The number of hydrogen-bond acceptors (Lipinski definition) is 4. The Hall–Kier alpha value is -1.81. The molecule has 5 heteroatoms. The summed E-state index contributed by atoms with van der Waals surface area (Å²) < 4.78 is 10.5. The van der Waals surface area contributed by atoms with Gasteiger partial charge in [-0.3, -0.25) is 4.98 Å². The summed E-state index contributed by atoms with van der Waals surface area (Å²) in [5, 5.41) is 0.376. The highest BCUT2D eigenvalue weighted by Crippen LogP contribution is 2.36. The first kappa shape index (κ1) is 9.42. The van der Waals surface area contributed by atoms with Crippen molar-refractivity contribution in [2.45, 2.75) is 0 Å². The normalized spacial score (nSPS) is 12.8. The van der Waals surface area contributed by atoms with E-state index in [2.05, 4.69) is 9.97 Å². The summed E-state index contributed by atoms with van der Waals surface area (Å²) in [6.45, 7) is 0.257. The summed E-state index contributed by atoms with van der Waals surface area (Å²) in [6.07, 6.45) is 3.16. The zero-order valence-corrected chi connectivity index (χ0v) is 8.94. The monoisotopic (exact) mass is 234 g/mol. The minimum atomic E-state index is 0.257. The van der Waals surface area contributed by atoms with Gasteiger partial charge in [-0.15, -0.1) is 0 Å². The van der Waals surface area contributed by atoms with Crippen LogP contribution in [-0.4, -0.2) is 16.8 Å². The molecule has 16 heavy (non-hydrogen) atoms. The van der Waals surface area contributed by atoms with Gasteiger partial charge in [0.1, 0.15) is 5.69 Å². The topological polar surface area (TPSA) is 44.2 Å². The van der Waals surface area contributed by atoms with Crippen molar-refractivity contribution in [3.63, 3.8) is 0 Å². The number of hydrogen-bond donors (Lipinski definition) is 0. The number of halogens is 1. The van der Waals surface area contributed by atoms with E-state index >= 15 is 0 Å². The van der Waals surface area contributed by atoms with Gasteiger partial charge in [-0.1, -0.05) is 11.6 Å².